The fraction of sp³-hybridized carbons (Fsp3) is 0.111. The van der Waals surface area contributed by atoms with Gasteiger partial charge >= 0.3 is 0 Å². The van der Waals surface area contributed by atoms with Crippen LogP contribution in [0.3, 0.4) is 0 Å². The molecule has 0 atom stereocenters. The van der Waals surface area contributed by atoms with Gasteiger partial charge in [0.25, 0.3) is 5.89 Å². The molecule has 10 heteroatoms. The molecule has 28 heavy (non-hydrogen) atoms. The van der Waals surface area contributed by atoms with Crippen LogP contribution in [0.5, 0.6) is 5.75 Å². The minimum absolute atomic E-state index is 0.170. The zero-order valence-corrected chi connectivity index (χ0v) is 14.8. The van der Waals surface area contributed by atoms with Gasteiger partial charge in [0.15, 0.2) is 0 Å². The van der Waals surface area contributed by atoms with Gasteiger partial charge in [0, 0.05) is 16.7 Å². The van der Waals surface area contributed by atoms with Crippen molar-refractivity contribution in [3.63, 3.8) is 0 Å². The molecule has 2 aromatic carbocycles. The van der Waals surface area contributed by atoms with Crippen molar-refractivity contribution in [1.82, 2.24) is 30.3 Å². The Labute approximate surface area is 158 Å². The zero-order chi connectivity index (χ0) is 19.5. The average Bonchev–Trinajstić information content (AvgIpc) is 3.38. The SMILES string of the molecule is COc1cccc(-c2noc(Cn3nnc(-c4ccc(C(N)=O)cc4)n3)n2)c1. The molecule has 0 fully saturated rings. The summed E-state index contributed by atoms with van der Waals surface area (Å²) >= 11 is 0. The van der Waals surface area contributed by atoms with Gasteiger partial charge in [-0.1, -0.05) is 29.4 Å². The molecule has 2 heterocycles. The van der Waals surface area contributed by atoms with Crippen LogP contribution in [0, 0.1) is 0 Å². The first-order valence-electron chi connectivity index (χ1n) is 8.27. The van der Waals surface area contributed by atoms with Crippen molar-refractivity contribution >= 4 is 5.91 Å². The van der Waals surface area contributed by atoms with E-state index in [2.05, 4.69) is 25.6 Å². The van der Waals surface area contributed by atoms with E-state index in [0.717, 1.165) is 5.56 Å². The van der Waals surface area contributed by atoms with Crippen LogP contribution in [0.2, 0.25) is 0 Å². The molecule has 0 spiro atoms. The highest BCUT2D eigenvalue weighted by molar-refractivity contribution is 5.93. The van der Waals surface area contributed by atoms with E-state index in [1.807, 2.05) is 24.3 Å². The number of aromatic nitrogens is 6. The molecular weight excluding hydrogens is 362 g/mol. The Morgan fingerprint density at radius 3 is 2.71 bits per heavy atom. The van der Waals surface area contributed by atoms with Crippen molar-refractivity contribution in [2.45, 2.75) is 6.54 Å². The summed E-state index contributed by atoms with van der Waals surface area (Å²) in [5, 5.41) is 16.3. The number of amides is 1. The van der Waals surface area contributed by atoms with Crippen molar-refractivity contribution in [2.24, 2.45) is 5.73 Å². The highest BCUT2D eigenvalue weighted by atomic mass is 16.5. The van der Waals surface area contributed by atoms with Crippen molar-refractivity contribution in [2.75, 3.05) is 7.11 Å². The third kappa shape index (κ3) is 3.56. The van der Waals surface area contributed by atoms with E-state index in [4.69, 9.17) is 15.0 Å². The molecule has 4 rings (SSSR count). The molecule has 4 aromatic rings. The number of methoxy groups -OCH3 is 1. The molecule has 10 nitrogen and oxygen atoms in total. The van der Waals surface area contributed by atoms with Gasteiger partial charge < -0.3 is 15.0 Å². The van der Waals surface area contributed by atoms with E-state index in [9.17, 15) is 4.79 Å². The second kappa shape index (κ2) is 7.27. The van der Waals surface area contributed by atoms with Gasteiger partial charge in [-0.15, -0.1) is 10.2 Å². The summed E-state index contributed by atoms with van der Waals surface area (Å²) in [6.07, 6.45) is 0. The standard InChI is InChI=1S/C18H15N7O3/c1-27-14-4-2-3-13(9-14)17-20-15(28-23-17)10-25-22-18(21-24-25)12-7-5-11(6-8-12)16(19)26/h2-9H,10H2,1H3,(H2,19,26). The molecule has 2 aromatic heterocycles. The van der Waals surface area contributed by atoms with Crippen molar-refractivity contribution < 1.29 is 14.1 Å². The van der Waals surface area contributed by atoms with E-state index in [1.165, 1.54) is 4.80 Å². The molecule has 140 valence electrons. The molecule has 0 saturated carbocycles. The van der Waals surface area contributed by atoms with Crippen LogP contribution in [-0.2, 0) is 6.54 Å². The number of carbonyl (C=O) groups excluding carboxylic acids is 1. The topological polar surface area (TPSA) is 135 Å². The summed E-state index contributed by atoms with van der Waals surface area (Å²) in [5.74, 6) is 1.39. The fourth-order valence-electron chi connectivity index (χ4n) is 2.53. The smallest absolute Gasteiger partial charge is 0.250 e. The molecule has 0 bridgehead atoms. The van der Waals surface area contributed by atoms with E-state index >= 15 is 0 Å². The van der Waals surface area contributed by atoms with Gasteiger partial charge in [-0.05, 0) is 29.5 Å². The van der Waals surface area contributed by atoms with Crippen LogP contribution in [0.25, 0.3) is 22.8 Å². The summed E-state index contributed by atoms with van der Waals surface area (Å²) < 4.78 is 10.5. The van der Waals surface area contributed by atoms with Gasteiger partial charge in [0.05, 0.1) is 7.11 Å². The molecular formula is C18H15N7O3. The Morgan fingerprint density at radius 2 is 1.96 bits per heavy atom. The minimum Gasteiger partial charge on any atom is -0.497 e. The third-order valence-corrected chi connectivity index (χ3v) is 3.95. The molecule has 0 unspecified atom stereocenters. The Kier molecular flexibility index (Phi) is 4.50. The van der Waals surface area contributed by atoms with Crippen LogP contribution in [-0.4, -0.2) is 43.4 Å². The number of primary amides is 1. The summed E-state index contributed by atoms with van der Waals surface area (Å²) in [4.78, 5) is 16.8. The van der Waals surface area contributed by atoms with Gasteiger partial charge in [0.1, 0.15) is 12.3 Å². The molecule has 0 radical (unpaired) electrons. The molecule has 0 aliphatic heterocycles. The van der Waals surface area contributed by atoms with Crippen LogP contribution in [0.4, 0.5) is 0 Å². The Morgan fingerprint density at radius 1 is 1.14 bits per heavy atom. The molecule has 0 aliphatic carbocycles. The highest BCUT2D eigenvalue weighted by Gasteiger charge is 2.13. The third-order valence-electron chi connectivity index (χ3n) is 3.95. The maximum atomic E-state index is 11.1. The zero-order valence-electron chi connectivity index (χ0n) is 14.8. The Bertz CT molecular complexity index is 1120. The number of tetrazole rings is 1. The van der Waals surface area contributed by atoms with E-state index in [1.54, 1.807) is 31.4 Å². The average molecular weight is 377 g/mol. The summed E-state index contributed by atoms with van der Waals surface area (Å²) in [5.41, 5.74) is 7.13. The Balaban J connectivity index is 1.50. The fourth-order valence-corrected chi connectivity index (χ4v) is 2.53. The van der Waals surface area contributed by atoms with E-state index in [-0.39, 0.29) is 6.54 Å². The number of ether oxygens (including phenoxy) is 1. The first-order chi connectivity index (χ1) is 13.6. The molecule has 2 N–H and O–H groups in total. The summed E-state index contributed by atoms with van der Waals surface area (Å²) in [6.45, 7) is 0.170. The maximum absolute atomic E-state index is 11.1. The Hall–Kier alpha value is -4.08. The number of carbonyl (C=O) groups is 1. The van der Waals surface area contributed by atoms with Crippen LogP contribution >= 0.6 is 0 Å². The summed E-state index contributed by atoms with van der Waals surface area (Å²) in [6, 6.07) is 14.0. The predicted octanol–water partition coefficient (Wildman–Crippen LogP) is 1.55. The monoisotopic (exact) mass is 377 g/mol. The number of hydrogen-bond acceptors (Lipinski definition) is 8. The van der Waals surface area contributed by atoms with Crippen molar-refractivity contribution in [3.05, 3.63) is 60.0 Å². The highest BCUT2D eigenvalue weighted by Crippen LogP contribution is 2.21. The lowest BCUT2D eigenvalue weighted by atomic mass is 10.1. The van der Waals surface area contributed by atoms with Gasteiger partial charge in [-0.25, -0.2) is 0 Å². The number of hydrogen-bond donors (Lipinski definition) is 1. The second-order valence-corrected chi connectivity index (χ2v) is 5.83. The lowest BCUT2D eigenvalue weighted by molar-refractivity contribution is 0.100. The van der Waals surface area contributed by atoms with Crippen molar-refractivity contribution in [1.29, 1.82) is 0 Å². The lowest BCUT2D eigenvalue weighted by Crippen LogP contribution is -2.10. The number of benzene rings is 2. The predicted molar refractivity (Wildman–Crippen MR) is 97.2 cm³/mol. The number of nitrogens with zero attached hydrogens (tertiary/aromatic N) is 6. The first kappa shape index (κ1) is 17.3. The van der Waals surface area contributed by atoms with Crippen LogP contribution in [0.1, 0.15) is 16.2 Å². The molecule has 1 amide bonds. The van der Waals surface area contributed by atoms with Crippen LogP contribution in [0.15, 0.2) is 53.1 Å². The van der Waals surface area contributed by atoms with Gasteiger partial charge in [0.2, 0.25) is 17.6 Å². The quantitative estimate of drug-likeness (QED) is 0.535. The maximum Gasteiger partial charge on any atom is 0.250 e. The molecule has 0 saturated heterocycles. The van der Waals surface area contributed by atoms with E-state index < -0.39 is 5.91 Å². The lowest BCUT2D eigenvalue weighted by Gasteiger charge is -1.99. The number of rotatable bonds is 6. The normalized spacial score (nSPS) is 10.8. The van der Waals surface area contributed by atoms with Gasteiger partial charge in [-0.3, -0.25) is 4.79 Å². The summed E-state index contributed by atoms with van der Waals surface area (Å²) in [7, 11) is 1.59. The van der Waals surface area contributed by atoms with Crippen molar-refractivity contribution in [3.8, 4) is 28.5 Å². The number of nitrogens with two attached hydrogens (primary N) is 1. The van der Waals surface area contributed by atoms with Crippen LogP contribution < -0.4 is 10.5 Å². The second-order valence-electron chi connectivity index (χ2n) is 5.83. The minimum atomic E-state index is -0.494. The first-order valence-corrected chi connectivity index (χ1v) is 8.27. The van der Waals surface area contributed by atoms with E-state index in [0.29, 0.717) is 34.4 Å². The largest absolute Gasteiger partial charge is 0.497 e. The molecule has 0 aliphatic rings. The van der Waals surface area contributed by atoms with Gasteiger partial charge in [-0.2, -0.15) is 9.78 Å².